The van der Waals surface area contributed by atoms with E-state index < -0.39 is 5.97 Å². The molecule has 0 bridgehead atoms. The first-order valence-corrected chi connectivity index (χ1v) is 6.63. The highest BCUT2D eigenvalue weighted by atomic mass is 16.4. The van der Waals surface area contributed by atoms with Crippen molar-refractivity contribution in [2.75, 3.05) is 19.6 Å². The minimum Gasteiger partial charge on any atom is -0.481 e. The van der Waals surface area contributed by atoms with Gasteiger partial charge in [0.05, 0.1) is 5.92 Å². The molecule has 2 fully saturated rings. The molecule has 1 saturated heterocycles. The average molecular weight is 225 g/mol. The average Bonchev–Trinajstić information content (AvgIpc) is 2.30. The Morgan fingerprint density at radius 2 is 2.00 bits per heavy atom. The van der Waals surface area contributed by atoms with E-state index in [-0.39, 0.29) is 11.3 Å². The summed E-state index contributed by atoms with van der Waals surface area (Å²) >= 11 is 0. The molecule has 3 heteroatoms. The van der Waals surface area contributed by atoms with Crippen LogP contribution in [0.3, 0.4) is 0 Å². The van der Waals surface area contributed by atoms with Gasteiger partial charge < -0.3 is 10.0 Å². The minimum absolute atomic E-state index is 0.0692. The molecule has 1 atom stereocenters. The summed E-state index contributed by atoms with van der Waals surface area (Å²) in [6.45, 7) is 5.49. The van der Waals surface area contributed by atoms with Gasteiger partial charge in [-0.05, 0) is 50.7 Å². The molecule has 16 heavy (non-hydrogen) atoms. The van der Waals surface area contributed by atoms with Crippen molar-refractivity contribution in [2.24, 2.45) is 11.3 Å². The van der Waals surface area contributed by atoms with Crippen LogP contribution in [-0.2, 0) is 4.79 Å². The Morgan fingerprint density at radius 3 is 2.56 bits per heavy atom. The van der Waals surface area contributed by atoms with Crippen molar-refractivity contribution in [3.63, 3.8) is 0 Å². The van der Waals surface area contributed by atoms with Crippen LogP contribution >= 0.6 is 0 Å². The number of carbonyl (C=O) groups is 1. The van der Waals surface area contributed by atoms with E-state index in [0.717, 1.165) is 51.7 Å². The van der Waals surface area contributed by atoms with Gasteiger partial charge in [0.25, 0.3) is 0 Å². The summed E-state index contributed by atoms with van der Waals surface area (Å²) in [5.41, 5.74) is 0.135. The standard InChI is InChI=1S/C13H23NO2/c1-2-14-9-7-13(8-10-14)6-4-3-5-11(13)12(15)16/h11H,2-10H2,1H3,(H,15,16). The fourth-order valence-electron chi connectivity index (χ4n) is 3.60. The molecule has 0 amide bonds. The van der Waals surface area contributed by atoms with Crippen LogP contribution in [0.5, 0.6) is 0 Å². The fourth-order valence-corrected chi connectivity index (χ4v) is 3.60. The van der Waals surface area contributed by atoms with E-state index in [0.29, 0.717) is 0 Å². The van der Waals surface area contributed by atoms with Gasteiger partial charge in [0.15, 0.2) is 0 Å². The fraction of sp³-hybridized carbons (Fsp3) is 0.923. The van der Waals surface area contributed by atoms with Crippen molar-refractivity contribution in [1.82, 2.24) is 4.90 Å². The Kier molecular flexibility index (Phi) is 3.53. The van der Waals surface area contributed by atoms with Crippen molar-refractivity contribution in [1.29, 1.82) is 0 Å². The first-order chi connectivity index (χ1) is 7.68. The summed E-state index contributed by atoms with van der Waals surface area (Å²) in [5.74, 6) is -0.620. The molecule has 1 spiro atoms. The molecule has 0 aromatic carbocycles. The second-order valence-corrected chi connectivity index (χ2v) is 5.43. The van der Waals surface area contributed by atoms with Crippen molar-refractivity contribution < 1.29 is 9.90 Å². The molecule has 1 heterocycles. The van der Waals surface area contributed by atoms with Crippen LogP contribution in [-0.4, -0.2) is 35.6 Å². The molecule has 2 aliphatic rings. The van der Waals surface area contributed by atoms with E-state index in [1.165, 1.54) is 6.42 Å². The minimum atomic E-state index is -0.551. The van der Waals surface area contributed by atoms with Crippen LogP contribution in [0.2, 0.25) is 0 Å². The molecule has 2 rings (SSSR count). The molecular formula is C13H23NO2. The third kappa shape index (κ3) is 2.10. The van der Waals surface area contributed by atoms with Gasteiger partial charge in [-0.25, -0.2) is 0 Å². The predicted molar refractivity (Wildman–Crippen MR) is 63.4 cm³/mol. The molecule has 0 aromatic heterocycles. The van der Waals surface area contributed by atoms with Crippen LogP contribution in [0, 0.1) is 11.3 Å². The first-order valence-electron chi connectivity index (χ1n) is 6.63. The van der Waals surface area contributed by atoms with Gasteiger partial charge in [0.1, 0.15) is 0 Å². The summed E-state index contributed by atoms with van der Waals surface area (Å²) < 4.78 is 0. The van der Waals surface area contributed by atoms with Gasteiger partial charge in [-0.2, -0.15) is 0 Å². The molecule has 1 saturated carbocycles. The SMILES string of the molecule is CCN1CCC2(CCCCC2C(=O)O)CC1. The number of carboxylic acid groups (broad SMARTS) is 1. The van der Waals surface area contributed by atoms with E-state index in [2.05, 4.69) is 11.8 Å². The second-order valence-electron chi connectivity index (χ2n) is 5.43. The van der Waals surface area contributed by atoms with Gasteiger partial charge in [-0.3, -0.25) is 4.79 Å². The van der Waals surface area contributed by atoms with Crippen LogP contribution in [0.4, 0.5) is 0 Å². The topological polar surface area (TPSA) is 40.5 Å². The highest BCUT2D eigenvalue weighted by Crippen LogP contribution is 2.48. The Balaban J connectivity index is 2.07. The van der Waals surface area contributed by atoms with Gasteiger partial charge in [0, 0.05) is 0 Å². The zero-order valence-corrected chi connectivity index (χ0v) is 10.2. The van der Waals surface area contributed by atoms with Crippen molar-refractivity contribution in [3.05, 3.63) is 0 Å². The smallest absolute Gasteiger partial charge is 0.307 e. The Bertz CT molecular complexity index is 257. The van der Waals surface area contributed by atoms with E-state index >= 15 is 0 Å². The van der Waals surface area contributed by atoms with E-state index in [4.69, 9.17) is 0 Å². The predicted octanol–water partition coefficient (Wildman–Crippen LogP) is 2.36. The van der Waals surface area contributed by atoms with E-state index in [1.807, 2.05) is 0 Å². The third-order valence-corrected chi connectivity index (χ3v) is 4.75. The number of hydrogen-bond donors (Lipinski definition) is 1. The molecule has 1 aliphatic heterocycles. The van der Waals surface area contributed by atoms with Crippen LogP contribution in [0.25, 0.3) is 0 Å². The lowest BCUT2D eigenvalue weighted by atomic mass is 9.61. The lowest BCUT2D eigenvalue weighted by molar-refractivity contribution is -0.151. The lowest BCUT2D eigenvalue weighted by Gasteiger charge is -2.47. The monoisotopic (exact) mass is 225 g/mol. The number of nitrogens with zero attached hydrogens (tertiary/aromatic N) is 1. The maximum Gasteiger partial charge on any atom is 0.307 e. The van der Waals surface area contributed by atoms with Crippen molar-refractivity contribution in [2.45, 2.75) is 45.4 Å². The van der Waals surface area contributed by atoms with Gasteiger partial charge in [0.2, 0.25) is 0 Å². The summed E-state index contributed by atoms with van der Waals surface area (Å²) in [5, 5.41) is 9.37. The van der Waals surface area contributed by atoms with E-state index in [1.54, 1.807) is 0 Å². The molecule has 0 aromatic rings. The molecule has 1 aliphatic carbocycles. The first kappa shape index (κ1) is 11.9. The van der Waals surface area contributed by atoms with Gasteiger partial charge in [-0.1, -0.05) is 19.8 Å². The normalized spacial score (nSPS) is 30.4. The number of carboxylic acids is 1. The molecule has 0 radical (unpaired) electrons. The molecule has 1 unspecified atom stereocenters. The maximum absolute atomic E-state index is 11.4. The van der Waals surface area contributed by atoms with Gasteiger partial charge >= 0.3 is 5.97 Å². The van der Waals surface area contributed by atoms with Gasteiger partial charge in [-0.15, -0.1) is 0 Å². The summed E-state index contributed by atoms with van der Waals surface area (Å²) in [6, 6.07) is 0. The van der Waals surface area contributed by atoms with Crippen molar-refractivity contribution in [3.8, 4) is 0 Å². The zero-order valence-electron chi connectivity index (χ0n) is 10.2. The Hall–Kier alpha value is -0.570. The van der Waals surface area contributed by atoms with Crippen molar-refractivity contribution >= 4 is 5.97 Å². The number of likely N-dealkylation sites (tertiary alicyclic amines) is 1. The van der Waals surface area contributed by atoms with E-state index in [9.17, 15) is 9.90 Å². The second kappa shape index (κ2) is 4.74. The number of hydrogen-bond acceptors (Lipinski definition) is 2. The lowest BCUT2D eigenvalue weighted by Crippen LogP contribution is -2.47. The van der Waals surface area contributed by atoms with Crippen LogP contribution in [0.15, 0.2) is 0 Å². The number of rotatable bonds is 2. The maximum atomic E-state index is 11.4. The summed E-state index contributed by atoms with van der Waals surface area (Å²) in [4.78, 5) is 13.8. The van der Waals surface area contributed by atoms with Crippen LogP contribution in [0.1, 0.15) is 45.4 Å². The number of aliphatic carboxylic acids is 1. The Labute approximate surface area is 97.8 Å². The number of piperidine rings is 1. The molecule has 1 N–H and O–H groups in total. The zero-order chi connectivity index (χ0) is 11.6. The summed E-state index contributed by atoms with van der Waals surface area (Å²) in [7, 11) is 0. The molecule has 92 valence electrons. The summed E-state index contributed by atoms with van der Waals surface area (Å²) in [6.07, 6.45) is 6.57. The molecular weight excluding hydrogens is 202 g/mol. The highest BCUT2D eigenvalue weighted by molar-refractivity contribution is 5.71. The third-order valence-electron chi connectivity index (χ3n) is 4.75. The largest absolute Gasteiger partial charge is 0.481 e. The highest BCUT2D eigenvalue weighted by Gasteiger charge is 2.45. The molecule has 3 nitrogen and oxygen atoms in total. The quantitative estimate of drug-likeness (QED) is 0.784. The van der Waals surface area contributed by atoms with Crippen LogP contribution < -0.4 is 0 Å². The Morgan fingerprint density at radius 1 is 1.31 bits per heavy atom.